The van der Waals surface area contributed by atoms with E-state index in [-0.39, 0.29) is 0 Å². The molecule has 126 valence electrons. The van der Waals surface area contributed by atoms with Crippen molar-refractivity contribution in [2.45, 2.75) is 6.18 Å². The lowest BCUT2D eigenvalue weighted by Crippen LogP contribution is -2.35. The van der Waals surface area contributed by atoms with Crippen molar-refractivity contribution in [2.24, 2.45) is 5.10 Å². The second-order valence-electron chi connectivity index (χ2n) is 4.53. The van der Waals surface area contributed by atoms with Crippen LogP contribution in [-0.2, 0) is 11.0 Å². The molecular weight excluding hydrogens is 327 g/mol. The number of carbonyl (C=O) groups excluding carboxylic acids is 2. The molecule has 1 aromatic carbocycles. The minimum Gasteiger partial charge on any atom is -0.463 e. The number of benzene rings is 1. The number of hydrogen-bond donors (Lipinski definition) is 2. The van der Waals surface area contributed by atoms with E-state index < -0.39 is 35.7 Å². The largest absolute Gasteiger partial charge is 0.463 e. The van der Waals surface area contributed by atoms with Crippen molar-refractivity contribution in [1.82, 2.24) is 10.7 Å². The highest BCUT2D eigenvalue weighted by molar-refractivity contribution is 5.97. The zero-order valence-electron chi connectivity index (χ0n) is 12.1. The van der Waals surface area contributed by atoms with Gasteiger partial charge in [0.2, 0.25) is 0 Å². The highest BCUT2D eigenvalue weighted by Crippen LogP contribution is 2.31. The molecule has 2 rings (SSSR count). The van der Waals surface area contributed by atoms with Crippen LogP contribution in [0.1, 0.15) is 21.7 Å². The molecule has 9 heteroatoms. The van der Waals surface area contributed by atoms with Gasteiger partial charge < -0.3 is 9.73 Å². The van der Waals surface area contributed by atoms with Crippen molar-refractivity contribution in [3.63, 3.8) is 0 Å². The summed E-state index contributed by atoms with van der Waals surface area (Å²) in [4.78, 5) is 23.3. The van der Waals surface area contributed by atoms with E-state index in [9.17, 15) is 22.8 Å². The third-order valence-corrected chi connectivity index (χ3v) is 2.81. The Labute approximate surface area is 134 Å². The van der Waals surface area contributed by atoms with Gasteiger partial charge in [-0.2, -0.15) is 18.3 Å². The minimum atomic E-state index is -4.66. The first-order chi connectivity index (χ1) is 11.4. The summed E-state index contributed by atoms with van der Waals surface area (Å²) in [6, 6.07) is 7.54. The molecule has 0 bridgehead atoms. The number of halogens is 3. The fourth-order valence-electron chi connectivity index (χ4n) is 1.76. The van der Waals surface area contributed by atoms with Gasteiger partial charge in [0, 0.05) is 0 Å². The summed E-state index contributed by atoms with van der Waals surface area (Å²) in [5.41, 5.74) is 0.477. The fourth-order valence-corrected chi connectivity index (χ4v) is 1.76. The fraction of sp³-hybridized carbons (Fsp3) is 0.133. The maximum atomic E-state index is 12.8. The molecule has 0 atom stereocenters. The van der Waals surface area contributed by atoms with Gasteiger partial charge >= 0.3 is 6.18 Å². The normalized spacial score (nSPS) is 11.5. The molecule has 6 nitrogen and oxygen atoms in total. The monoisotopic (exact) mass is 339 g/mol. The van der Waals surface area contributed by atoms with Gasteiger partial charge in [-0.25, -0.2) is 5.43 Å². The number of alkyl halides is 3. The van der Waals surface area contributed by atoms with Crippen molar-refractivity contribution in [3.8, 4) is 0 Å². The Kier molecular flexibility index (Phi) is 5.35. The topological polar surface area (TPSA) is 83.7 Å². The van der Waals surface area contributed by atoms with Crippen LogP contribution in [-0.4, -0.2) is 24.6 Å². The lowest BCUT2D eigenvalue weighted by molar-refractivity contribution is -0.137. The van der Waals surface area contributed by atoms with Crippen molar-refractivity contribution in [3.05, 3.63) is 59.5 Å². The van der Waals surface area contributed by atoms with E-state index in [1.54, 1.807) is 12.1 Å². The first-order valence-corrected chi connectivity index (χ1v) is 6.68. The number of nitrogens with one attached hydrogen (secondary N) is 2. The van der Waals surface area contributed by atoms with E-state index >= 15 is 0 Å². The van der Waals surface area contributed by atoms with Crippen LogP contribution in [0.25, 0.3) is 0 Å². The smallest absolute Gasteiger partial charge is 0.417 e. The van der Waals surface area contributed by atoms with E-state index in [0.717, 1.165) is 12.1 Å². The molecule has 0 saturated carbocycles. The molecule has 0 saturated heterocycles. The summed E-state index contributed by atoms with van der Waals surface area (Å²) >= 11 is 0. The number of carbonyl (C=O) groups is 2. The molecule has 0 spiro atoms. The standard InChI is InChI=1S/C15H12F3N3O3/c16-15(17,18)12-6-2-1-5-11(12)14(23)19-9-13(22)21-20-8-10-4-3-7-24-10/h1-8H,9H2,(H,19,23)(H,21,22)/b20-8-. The number of amides is 2. The van der Waals surface area contributed by atoms with Crippen LogP contribution in [0.4, 0.5) is 13.2 Å². The number of nitrogens with zero attached hydrogens (tertiary/aromatic N) is 1. The van der Waals surface area contributed by atoms with Crippen molar-refractivity contribution in [1.29, 1.82) is 0 Å². The van der Waals surface area contributed by atoms with E-state index in [4.69, 9.17) is 4.42 Å². The summed E-state index contributed by atoms with van der Waals surface area (Å²) < 4.78 is 43.4. The van der Waals surface area contributed by atoms with Gasteiger partial charge in [-0.1, -0.05) is 12.1 Å². The third kappa shape index (κ3) is 4.70. The predicted molar refractivity (Wildman–Crippen MR) is 78.2 cm³/mol. The van der Waals surface area contributed by atoms with Crippen LogP contribution < -0.4 is 10.7 Å². The average molecular weight is 339 g/mol. The molecule has 24 heavy (non-hydrogen) atoms. The highest BCUT2D eigenvalue weighted by atomic mass is 19.4. The van der Waals surface area contributed by atoms with Crippen molar-refractivity contribution >= 4 is 18.0 Å². The van der Waals surface area contributed by atoms with Gasteiger partial charge in [-0.15, -0.1) is 0 Å². The zero-order chi connectivity index (χ0) is 17.6. The van der Waals surface area contributed by atoms with Crippen LogP contribution in [0.5, 0.6) is 0 Å². The van der Waals surface area contributed by atoms with Gasteiger partial charge in [-0.3, -0.25) is 9.59 Å². The van der Waals surface area contributed by atoms with E-state index in [1.807, 2.05) is 0 Å². The molecule has 0 aliphatic heterocycles. The molecule has 2 aromatic rings. The Morgan fingerprint density at radius 1 is 1.17 bits per heavy atom. The number of hydrogen-bond acceptors (Lipinski definition) is 4. The Balaban J connectivity index is 1.90. The quantitative estimate of drug-likeness (QED) is 0.647. The second kappa shape index (κ2) is 7.44. The van der Waals surface area contributed by atoms with Crippen LogP contribution in [0.2, 0.25) is 0 Å². The van der Waals surface area contributed by atoms with Gasteiger partial charge in [0.15, 0.2) is 0 Å². The van der Waals surface area contributed by atoms with Gasteiger partial charge in [-0.05, 0) is 24.3 Å². The van der Waals surface area contributed by atoms with E-state index in [2.05, 4.69) is 15.8 Å². The molecule has 2 N–H and O–H groups in total. The van der Waals surface area contributed by atoms with Gasteiger partial charge in [0.1, 0.15) is 5.76 Å². The maximum Gasteiger partial charge on any atom is 0.417 e. The summed E-state index contributed by atoms with van der Waals surface area (Å²) in [5.74, 6) is -1.30. The van der Waals surface area contributed by atoms with E-state index in [1.165, 1.54) is 24.6 Å². The Morgan fingerprint density at radius 3 is 2.58 bits per heavy atom. The molecule has 0 aliphatic rings. The van der Waals surface area contributed by atoms with Crippen molar-refractivity contribution in [2.75, 3.05) is 6.54 Å². The number of hydrazone groups is 1. The molecule has 0 fully saturated rings. The molecule has 1 aromatic heterocycles. The second-order valence-corrected chi connectivity index (χ2v) is 4.53. The number of rotatable bonds is 5. The average Bonchev–Trinajstić information content (AvgIpc) is 3.05. The first-order valence-electron chi connectivity index (χ1n) is 6.68. The maximum absolute atomic E-state index is 12.8. The van der Waals surface area contributed by atoms with Crippen molar-refractivity contribution < 1.29 is 27.2 Å². The molecule has 2 amide bonds. The molecule has 0 unspecified atom stereocenters. The highest BCUT2D eigenvalue weighted by Gasteiger charge is 2.34. The predicted octanol–water partition coefficient (Wildman–Crippen LogP) is 2.18. The lowest BCUT2D eigenvalue weighted by Gasteiger charge is -2.12. The van der Waals surface area contributed by atoms with Gasteiger partial charge in [0.25, 0.3) is 11.8 Å². The van der Waals surface area contributed by atoms with Crippen LogP contribution in [0.15, 0.2) is 52.2 Å². The van der Waals surface area contributed by atoms with Crippen LogP contribution in [0, 0.1) is 0 Å². The van der Waals surface area contributed by atoms with Crippen LogP contribution >= 0.6 is 0 Å². The summed E-state index contributed by atoms with van der Waals surface area (Å²) in [5, 5.41) is 5.68. The Morgan fingerprint density at radius 2 is 1.92 bits per heavy atom. The summed E-state index contributed by atoms with van der Waals surface area (Å²) in [6.07, 6.45) is -2.01. The first kappa shape index (κ1) is 17.3. The Bertz CT molecular complexity index is 740. The summed E-state index contributed by atoms with van der Waals surface area (Å²) in [7, 11) is 0. The molecule has 0 radical (unpaired) electrons. The summed E-state index contributed by atoms with van der Waals surface area (Å²) in [6.45, 7) is -0.527. The lowest BCUT2D eigenvalue weighted by atomic mass is 10.1. The molecule has 0 aliphatic carbocycles. The SMILES string of the molecule is O=C(CNC(=O)c1ccccc1C(F)(F)F)N/N=C\c1ccco1. The van der Waals surface area contributed by atoms with E-state index in [0.29, 0.717) is 5.76 Å². The number of furan rings is 1. The minimum absolute atomic E-state index is 0.401. The molecular formula is C15H12F3N3O3. The molecule has 1 heterocycles. The zero-order valence-corrected chi connectivity index (χ0v) is 12.1. The van der Waals surface area contributed by atoms with Gasteiger partial charge in [0.05, 0.1) is 30.1 Å². The Hall–Kier alpha value is -3.10. The third-order valence-electron chi connectivity index (χ3n) is 2.81. The van der Waals surface area contributed by atoms with Crippen LogP contribution in [0.3, 0.4) is 0 Å².